The number of carbonyl (C=O) groups excluding carboxylic acids is 1. The van der Waals surface area contributed by atoms with Gasteiger partial charge in [0.05, 0.1) is 13.5 Å². The number of carbonyl (C=O) groups is 1. The average molecular weight is 437 g/mol. The van der Waals surface area contributed by atoms with Gasteiger partial charge in [-0.15, -0.1) is 0 Å². The number of hydrogen-bond acceptors (Lipinski definition) is 5. The molecule has 2 aromatic rings. The van der Waals surface area contributed by atoms with E-state index in [2.05, 4.69) is 28.9 Å². The second-order valence-corrected chi connectivity index (χ2v) is 9.23. The molecule has 5 rings (SSSR count). The second-order valence-electron chi connectivity index (χ2n) is 9.23. The van der Waals surface area contributed by atoms with E-state index in [4.69, 9.17) is 14.2 Å². The number of para-hydroxylation sites is 1. The molecule has 0 unspecified atom stereocenters. The predicted octanol–water partition coefficient (Wildman–Crippen LogP) is 3.79. The lowest BCUT2D eigenvalue weighted by Gasteiger charge is -2.30. The molecular weight excluding hydrogens is 404 g/mol. The number of aryl methyl sites for hydroxylation is 1. The Morgan fingerprint density at radius 2 is 1.91 bits per heavy atom. The molecule has 2 fully saturated rings. The normalized spacial score (nSPS) is 22.5. The minimum atomic E-state index is 0.215. The zero-order valence-corrected chi connectivity index (χ0v) is 19.0. The van der Waals surface area contributed by atoms with Gasteiger partial charge in [-0.1, -0.05) is 24.6 Å². The molecule has 0 aromatic heterocycles. The van der Waals surface area contributed by atoms with Crippen LogP contribution in [0.4, 0.5) is 0 Å². The van der Waals surface area contributed by atoms with Crippen LogP contribution < -0.4 is 14.2 Å². The molecule has 0 aliphatic carbocycles. The summed E-state index contributed by atoms with van der Waals surface area (Å²) in [5, 5.41) is 0. The molecule has 0 saturated carbocycles. The van der Waals surface area contributed by atoms with Crippen LogP contribution in [0, 0.1) is 12.8 Å². The van der Waals surface area contributed by atoms with E-state index >= 15 is 0 Å². The van der Waals surface area contributed by atoms with Gasteiger partial charge in [0, 0.05) is 37.8 Å². The van der Waals surface area contributed by atoms with Gasteiger partial charge in [0.2, 0.25) is 12.7 Å². The first-order chi connectivity index (χ1) is 15.6. The average Bonchev–Trinajstić information content (AvgIpc) is 3.35. The van der Waals surface area contributed by atoms with Gasteiger partial charge in [0.25, 0.3) is 0 Å². The van der Waals surface area contributed by atoms with E-state index in [9.17, 15) is 4.79 Å². The molecule has 170 valence electrons. The maximum atomic E-state index is 13.4. The first-order valence-corrected chi connectivity index (χ1v) is 11.6. The highest BCUT2D eigenvalue weighted by Gasteiger charge is 2.39. The zero-order valence-electron chi connectivity index (χ0n) is 19.0. The maximum Gasteiger partial charge on any atom is 0.231 e. The van der Waals surface area contributed by atoms with Gasteiger partial charge in [-0.25, -0.2) is 0 Å². The second kappa shape index (κ2) is 9.02. The Labute approximate surface area is 190 Å². The Kier molecular flexibility index (Phi) is 5.96. The summed E-state index contributed by atoms with van der Waals surface area (Å²) in [4.78, 5) is 18.1. The SMILES string of the molecule is COc1ccccc1CC(=O)N1CCCC[C@H]2CN(Cc3cc4c(cc3C)OCO4)C[C@H]21. The summed E-state index contributed by atoms with van der Waals surface area (Å²) in [6.07, 6.45) is 3.87. The van der Waals surface area contributed by atoms with Crippen LogP contribution in [0.15, 0.2) is 36.4 Å². The molecular formula is C26H32N2O4. The van der Waals surface area contributed by atoms with Crippen molar-refractivity contribution in [3.05, 3.63) is 53.1 Å². The molecule has 0 N–H and O–H groups in total. The molecule has 0 bridgehead atoms. The fraction of sp³-hybridized carbons (Fsp3) is 0.500. The summed E-state index contributed by atoms with van der Waals surface area (Å²) in [5.41, 5.74) is 3.47. The molecule has 0 radical (unpaired) electrons. The third-order valence-corrected chi connectivity index (χ3v) is 7.19. The molecule has 6 nitrogen and oxygen atoms in total. The predicted molar refractivity (Wildman–Crippen MR) is 122 cm³/mol. The van der Waals surface area contributed by atoms with Crippen LogP contribution in [0.3, 0.4) is 0 Å². The summed E-state index contributed by atoms with van der Waals surface area (Å²) >= 11 is 0. The van der Waals surface area contributed by atoms with Crippen molar-refractivity contribution in [3.63, 3.8) is 0 Å². The molecule has 2 atom stereocenters. The molecule has 32 heavy (non-hydrogen) atoms. The van der Waals surface area contributed by atoms with Crippen LogP contribution in [0.25, 0.3) is 0 Å². The van der Waals surface area contributed by atoms with Gasteiger partial charge >= 0.3 is 0 Å². The fourth-order valence-electron chi connectivity index (χ4n) is 5.48. The third kappa shape index (κ3) is 4.16. The molecule has 3 aliphatic heterocycles. The van der Waals surface area contributed by atoms with Crippen molar-refractivity contribution in [2.24, 2.45) is 5.92 Å². The van der Waals surface area contributed by atoms with Crippen LogP contribution in [0.5, 0.6) is 17.2 Å². The van der Waals surface area contributed by atoms with E-state index in [0.29, 0.717) is 19.1 Å². The van der Waals surface area contributed by atoms with Crippen LogP contribution in [-0.2, 0) is 17.8 Å². The summed E-state index contributed by atoms with van der Waals surface area (Å²) in [6, 6.07) is 12.3. The van der Waals surface area contributed by atoms with Crippen molar-refractivity contribution in [2.75, 3.05) is 33.5 Å². The van der Waals surface area contributed by atoms with Gasteiger partial charge in [0.1, 0.15) is 5.75 Å². The Bertz CT molecular complexity index is 992. The number of hydrogen-bond donors (Lipinski definition) is 0. The number of nitrogens with zero attached hydrogens (tertiary/aromatic N) is 2. The van der Waals surface area contributed by atoms with Crippen molar-refractivity contribution >= 4 is 5.91 Å². The van der Waals surface area contributed by atoms with Crippen molar-refractivity contribution in [2.45, 2.75) is 45.2 Å². The highest BCUT2D eigenvalue weighted by atomic mass is 16.7. The number of fused-ring (bicyclic) bond motifs is 2. The topological polar surface area (TPSA) is 51.2 Å². The summed E-state index contributed by atoms with van der Waals surface area (Å²) in [7, 11) is 1.66. The van der Waals surface area contributed by atoms with E-state index in [-0.39, 0.29) is 11.9 Å². The van der Waals surface area contributed by atoms with E-state index in [0.717, 1.165) is 55.4 Å². The molecule has 3 heterocycles. The van der Waals surface area contributed by atoms with E-state index < -0.39 is 0 Å². The summed E-state index contributed by atoms with van der Waals surface area (Å²) < 4.78 is 16.6. The third-order valence-electron chi connectivity index (χ3n) is 7.19. The standard InChI is InChI=1S/C26H32N2O4/c1-18-11-24-25(32-17-31-24)12-21(18)15-27-14-20-8-5-6-10-28(22(20)16-27)26(29)13-19-7-3-4-9-23(19)30-2/h3-4,7,9,11-12,20,22H,5-6,8,10,13-17H2,1-2H3/t20-,22+/m0/s1. The smallest absolute Gasteiger partial charge is 0.231 e. The lowest BCUT2D eigenvalue weighted by atomic mass is 9.98. The van der Waals surface area contributed by atoms with Crippen LogP contribution in [0.1, 0.15) is 36.0 Å². The van der Waals surface area contributed by atoms with Crippen LogP contribution >= 0.6 is 0 Å². The number of ether oxygens (including phenoxy) is 3. The van der Waals surface area contributed by atoms with Gasteiger partial charge in [-0.2, -0.15) is 0 Å². The number of likely N-dealkylation sites (tertiary alicyclic amines) is 2. The van der Waals surface area contributed by atoms with Gasteiger partial charge in [-0.3, -0.25) is 9.69 Å². The van der Waals surface area contributed by atoms with Gasteiger partial charge in [-0.05, 0) is 55.0 Å². The zero-order chi connectivity index (χ0) is 22.1. The quantitative estimate of drug-likeness (QED) is 0.714. The minimum absolute atomic E-state index is 0.215. The monoisotopic (exact) mass is 436 g/mol. The van der Waals surface area contributed by atoms with Crippen LogP contribution in [-0.4, -0.2) is 55.3 Å². The van der Waals surface area contributed by atoms with Gasteiger partial charge < -0.3 is 19.1 Å². The summed E-state index contributed by atoms with van der Waals surface area (Å²) in [5.74, 6) is 3.22. The summed E-state index contributed by atoms with van der Waals surface area (Å²) in [6.45, 7) is 6.13. The lowest BCUT2D eigenvalue weighted by Crippen LogP contribution is -2.45. The molecule has 3 aliphatic rings. The number of amides is 1. The minimum Gasteiger partial charge on any atom is -0.496 e. The Morgan fingerprint density at radius 1 is 1.09 bits per heavy atom. The molecule has 1 amide bonds. The largest absolute Gasteiger partial charge is 0.496 e. The Balaban J connectivity index is 1.30. The van der Waals surface area contributed by atoms with Crippen molar-refractivity contribution in [1.29, 1.82) is 0 Å². The fourth-order valence-corrected chi connectivity index (χ4v) is 5.48. The van der Waals surface area contributed by atoms with Gasteiger partial charge in [0.15, 0.2) is 11.5 Å². The van der Waals surface area contributed by atoms with Crippen LogP contribution in [0.2, 0.25) is 0 Å². The highest BCUT2D eigenvalue weighted by Crippen LogP contribution is 2.37. The molecule has 6 heteroatoms. The van der Waals surface area contributed by atoms with E-state index in [1.165, 1.54) is 24.0 Å². The van der Waals surface area contributed by atoms with Crippen molar-refractivity contribution in [3.8, 4) is 17.2 Å². The number of methoxy groups -OCH3 is 1. The maximum absolute atomic E-state index is 13.4. The lowest BCUT2D eigenvalue weighted by molar-refractivity contribution is -0.133. The number of rotatable bonds is 5. The Hall–Kier alpha value is -2.73. The Morgan fingerprint density at radius 3 is 2.75 bits per heavy atom. The first-order valence-electron chi connectivity index (χ1n) is 11.6. The molecule has 2 aromatic carbocycles. The van der Waals surface area contributed by atoms with E-state index in [1.807, 2.05) is 24.3 Å². The van der Waals surface area contributed by atoms with Crippen molar-refractivity contribution < 1.29 is 19.0 Å². The molecule has 2 saturated heterocycles. The van der Waals surface area contributed by atoms with Crippen molar-refractivity contribution in [1.82, 2.24) is 9.80 Å². The molecule has 0 spiro atoms. The number of benzene rings is 2. The highest BCUT2D eigenvalue weighted by molar-refractivity contribution is 5.80. The van der Waals surface area contributed by atoms with E-state index in [1.54, 1.807) is 7.11 Å². The first kappa shape index (κ1) is 21.1.